The highest BCUT2D eigenvalue weighted by atomic mass is 32.2. The molecule has 0 fully saturated rings. The molecule has 0 heterocycles. The summed E-state index contributed by atoms with van der Waals surface area (Å²) in [6, 6.07) is 0. The molecule has 0 aromatic carbocycles. The summed E-state index contributed by atoms with van der Waals surface area (Å²) in [5, 5.41) is 13.4. The summed E-state index contributed by atoms with van der Waals surface area (Å²) in [6.45, 7) is 7.92. The van der Waals surface area contributed by atoms with Crippen LogP contribution in [0, 0.1) is 17.8 Å². The SMILES string of the molecule is CC(CCCO)[C@@H](C)[C@H](C)C(C)S(N)(=O)=O. The summed E-state index contributed by atoms with van der Waals surface area (Å²) >= 11 is 0. The van der Waals surface area contributed by atoms with E-state index < -0.39 is 15.3 Å². The lowest BCUT2D eigenvalue weighted by Crippen LogP contribution is -2.36. The first-order valence-electron chi connectivity index (χ1n) is 5.84. The predicted molar refractivity (Wildman–Crippen MR) is 66.4 cm³/mol. The van der Waals surface area contributed by atoms with Crippen molar-refractivity contribution in [1.29, 1.82) is 0 Å². The van der Waals surface area contributed by atoms with Gasteiger partial charge >= 0.3 is 0 Å². The highest BCUT2D eigenvalue weighted by Gasteiger charge is 2.29. The van der Waals surface area contributed by atoms with E-state index in [2.05, 4.69) is 6.92 Å². The Morgan fingerprint density at radius 3 is 2.00 bits per heavy atom. The summed E-state index contributed by atoms with van der Waals surface area (Å²) in [4.78, 5) is 0. The number of hydrogen-bond donors (Lipinski definition) is 2. The third-order valence-corrected chi connectivity index (χ3v) is 5.27. The minimum absolute atomic E-state index is 0.0312. The van der Waals surface area contributed by atoms with E-state index in [4.69, 9.17) is 10.2 Å². The molecule has 0 amide bonds. The van der Waals surface area contributed by atoms with E-state index in [0.29, 0.717) is 5.92 Å². The first kappa shape index (κ1) is 15.9. The Morgan fingerprint density at radius 2 is 1.62 bits per heavy atom. The van der Waals surface area contributed by atoms with E-state index in [0.717, 1.165) is 12.8 Å². The first-order valence-corrected chi connectivity index (χ1v) is 7.45. The molecular weight excluding hydrogens is 226 g/mol. The molecular formula is C11H25NO3S. The average molecular weight is 251 g/mol. The number of hydrogen-bond acceptors (Lipinski definition) is 3. The maximum absolute atomic E-state index is 11.3. The van der Waals surface area contributed by atoms with Crippen LogP contribution in [0.25, 0.3) is 0 Å². The van der Waals surface area contributed by atoms with Crippen LogP contribution < -0.4 is 5.14 Å². The number of rotatable bonds is 7. The van der Waals surface area contributed by atoms with Crippen LogP contribution in [0.3, 0.4) is 0 Å². The number of primary sulfonamides is 1. The Kier molecular flexibility index (Phi) is 6.51. The lowest BCUT2D eigenvalue weighted by Gasteiger charge is -2.29. The van der Waals surface area contributed by atoms with Crippen LogP contribution in [0.1, 0.15) is 40.5 Å². The second-order valence-electron chi connectivity index (χ2n) is 4.86. The lowest BCUT2D eigenvalue weighted by molar-refractivity contribution is 0.226. The zero-order valence-corrected chi connectivity index (χ0v) is 11.5. The molecule has 0 saturated heterocycles. The van der Waals surface area contributed by atoms with Crippen molar-refractivity contribution in [3.05, 3.63) is 0 Å². The Morgan fingerprint density at radius 1 is 1.12 bits per heavy atom. The van der Waals surface area contributed by atoms with E-state index in [-0.39, 0.29) is 18.4 Å². The molecule has 16 heavy (non-hydrogen) atoms. The molecule has 3 N–H and O–H groups in total. The minimum Gasteiger partial charge on any atom is -0.396 e. The van der Waals surface area contributed by atoms with Crippen molar-refractivity contribution in [3.63, 3.8) is 0 Å². The van der Waals surface area contributed by atoms with E-state index >= 15 is 0 Å². The van der Waals surface area contributed by atoms with Gasteiger partial charge in [0, 0.05) is 6.61 Å². The molecule has 0 aliphatic rings. The fraction of sp³-hybridized carbons (Fsp3) is 1.00. The lowest BCUT2D eigenvalue weighted by atomic mass is 9.81. The van der Waals surface area contributed by atoms with Crippen molar-refractivity contribution in [2.24, 2.45) is 22.9 Å². The standard InChI is InChI=1S/C11H25NO3S/c1-8(6-5-7-13)9(2)10(3)11(4)16(12,14)15/h8-11,13H,5-7H2,1-4H3,(H2,12,14,15)/t8?,9-,10+,11?/m1/s1. The largest absolute Gasteiger partial charge is 0.396 e. The van der Waals surface area contributed by atoms with Gasteiger partial charge in [0.2, 0.25) is 10.0 Å². The molecule has 0 saturated carbocycles. The maximum atomic E-state index is 11.3. The fourth-order valence-corrected chi connectivity index (χ4v) is 2.77. The first-order chi connectivity index (χ1) is 7.21. The van der Waals surface area contributed by atoms with Gasteiger partial charge < -0.3 is 5.11 Å². The Balaban J connectivity index is 4.43. The molecule has 4 nitrogen and oxygen atoms in total. The molecule has 0 aliphatic heterocycles. The van der Waals surface area contributed by atoms with Gasteiger partial charge in [-0.2, -0.15) is 0 Å². The van der Waals surface area contributed by atoms with Crippen molar-refractivity contribution in [1.82, 2.24) is 0 Å². The summed E-state index contributed by atoms with van der Waals surface area (Å²) in [5.74, 6) is 0.704. The molecule has 5 heteroatoms. The average Bonchev–Trinajstić information content (AvgIpc) is 2.21. The maximum Gasteiger partial charge on any atom is 0.211 e. The highest BCUT2D eigenvalue weighted by Crippen LogP contribution is 2.28. The van der Waals surface area contributed by atoms with E-state index in [1.54, 1.807) is 6.92 Å². The Bertz CT molecular complexity index is 290. The van der Waals surface area contributed by atoms with Crippen molar-refractivity contribution in [3.8, 4) is 0 Å². The molecule has 0 rings (SSSR count). The van der Waals surface area contributed by atoms with Crippen LogP contribution in [0.15, 0.2) is 0 Å². The van der Waals surface area contributed by atoms with Gasteiger partial charge in [-0.05, 0) is 37.5 Å². The molecule has 0 aromatic heterocycles. The molecule has 4 atom stereocenters. The van der Waals surface area contributed by atoms with Crippen molar-refractivity contribution >= 4 is 10.0 Å². The third kappa shape index (κ3) is 4.80. The number of nitrogens with two attached hydrogens (primary N) is 1. The topological polar surface area (TPSA) is 80.4 Å². The monoisotopic (exact) mass is 251 g/mol. The van der Waals surface area contributed by atoms with E-state index in [1.165, 1.54) is 0 Å². The second-order valence-corrected chi connectivity index (χ2v) is 6.78. The van der Waals surface area contributed by atoms with E-state index in [1.807, 2.05) is 13.8 Å². The van der Waals surface area contributed by atoms with Crippen LogP contribution in [-0.4, -0.2) is 25.4 Å². The molecule has 98 valence electrons. The summed E-state index contributed by atoms with van der Waals surface area (Å²) in [5.41, 5.74) is 0. The zero-order valence-electron chi connectivity index (χ0n) is 10.7. The van der Waals surface area contributed by atoms with Gasteiger partial charge in [-0.3, -0.25) is 0 Å². The minimum atomic E-state index is -3.45. The Labute approximate surface area is 99.3 Å². The molecule has 0 aromatic rings. The number of sulfonamides is 1. The van der Waals surface area contributed by atoms with Crippen molar-refractivity contribution in [2.45, 2.75) is 45.8 Å². The van der Waals surface area contributed by atoms with Gasteiger partial charge in [0.05, 0.1) is 5.25 Å². The second kappa shape index (κ2) is 6.57. The molecule has 0 bridgehead atoms. The van der Waals surface area contributed by atoms with Gasteiger partial charge in [-0.15, -0.1) is 0 Å². The number of aliphatic hydroxyl groups excluding tert-OH is 1. The third-order valence-electron chi connectivity index (χ3n) is 3.80. The quantitative estimate of drug-likeness (QED) is 0.716. The van der Waals surface area contributed by atoms with Crippen LogP contribution in [0.5, 0.6) is 0 Å². The fourth-order valence-electron chi connectivity index (χ4n) is 1.92. The normalized spacial score (nSPS) is 20.1. The van der Waals surface area contributed by atoms with Gasteiger partial charge in [0.1, 0.15) is 0 Å². The van der Waals surface area contributed by atoms with E-state index in [9.17, 15) is 8.42 Å². The summed E-state index contributed by atoms with van der Waals surface area (Å²) in [6.07, 6.45) is 1.68. The van der Waals surface area contributed by atoms with Gasteiger partial charge in [0.25, 0.3) is 0 Å². The van der Waals surface area contributed by atoms with Gasteiger partial charge in [0.15, 0.2) is 0 Å². The summed E-state index contributed by atoms with van der Waals surface area (Å²) < 4.78 is 22.5. The molecule has 2 unspecified atom stereocenters. The van der Waals surface area contributed by atoms with Gasteiger partial charge in [-0.1, -0.05) is 20.8 Å². The highest BCUT2D eigenvalue weighted by molar-refractivity contribution is 7.89. The number of aliphatic hydroxyl groups is 1. The summed E-state index contributed by atoms with van der Waals surface area (Å²) in [7, 11) is -3.45. The smallest absolute Gasteiger partial charge is 0.211 e. The van der Waals surface area contributed by atoms with Crippen LogP contribution >= 0.6 is 0 Å². The van der Waals surface area contributed by atoms with Crippen LogP contribution in [-0.2, 0) is 10.0 Å². The molecule has 0 radical (unpaired) electrons. The van der Waals surface area contributed by atoms with Gasteiger partial charge in [-0.25, -0.2) is 13.6 Å². The molecule has 0 aliphatic carbocycles. The Hall–Kier alpha value is -0.130. The predicted octanol–water partition coefficient (Wildman–Crippen LogP) is 1.34. The van der Waals surface area contributed by atoms with Crippen LogP contribution in [0.4, 0.5) is 0 Å². The van der Waals surface area contributed by atoms with Crippen molar-refractivity contribution < 1.29 is 13.5 Å². The molecule has 0 spiro atoms. The van der Waals surface area contributed by atoms with Crippen LogP contribution in [0.2, 0.25) is 0 Å². The zero-order chi connectivity index (χ0) is 12.9. The van der Waals surface area contributed by atoms with Crippen molar-refractivity contribution in [2.75, 3.05) is 6.61 Å².